The van der Waals surface area contributed by atoms with Crippen molar-refractivity contribution in [3.8, 4) is 0 Å². The largest absolute Gasteiger partial charge is 0.465 e. The van der Waals surface area contributed by atoms with Gasteiger partial charge in [0.25, 0.3) is 0 Å². The lowest BCUT2D eigenvalue weighted by molar-refractivity contribution is -0.143. The minimum atomic E-state index is -0.208. The fourth-order valence-corrected chi connectivity index (χ4v) is 3.03. The number of thioether (sulfide) groups is 1. The molecule has 1 rings (SSSR count). The van der Waals surface area contributed by atoms with Crippen LogP contribution >= 0.6 is 11.8 Å². The normalized spacial score (nSPS) is 32.3. The van der Waals surface area contributed by atoms with E-state index in [1.807, 2.05) is 6.92 Å². The Bertz CT molecular complexity index is 232. The van der Waals surface area contributed by atoms with Crippen molar-refractivity contribution in [1.82, 2.24) is 0 Å². The lowest BCUT2D eigenvalue weighted by Gasteiger charge is -2.15. The van der Waals surface area contributed by atoms with Gasteiger partial charge >= 0.3 is 5.97 Å². The maximum atomic E-state index is 11.5. The minimum Gasteiger partial charge on any atom is -0.465 e. The molecule has 0 radical (unpaired) electrons. The van der Waals surface area contributed by atoms with Crippen molar-refractivity contribution >= 4 is 23.9 Å². The first kappa shape index (κ1) is 11.4. The van der Waals surface area contributed by atoms with Crippen LogP contribution in [0.4, 0.5) is 0 Å². The lowest BCUT2D eigenvalue weighted by Crippen LogP contribution is -2.28. The topological polar surface area (TPSA) is 58.9 Å². The maximum Gasteiger partial charge on any atom is 0.319 e. The van der Waals surface area contributed by atoms with Gasteiger partial charge in [0.2, 0.25) is 0 Å². The van der Waals surface area contributed by atoms with E-state index < -0.39 is 0 Å². The summed E-state index contributed by atoms with van der Waals surface area (Å²) in [6.07, 6.45) is 1.44. The summed E-state index contributed by atoms with van der Waals surface area (Å²) in [6, 6.07) is 0. The summed E-state index contributed by atoms with van der Waals surface area (Å²) in [4.78, 5) is 11.5. The molecule has 0 aromatic rings. The summed E-state index contributed by atoms with van der Waals surface area (Å²) in [7, 11) is 0. The predicted octanol–water partition coefficient (Wildman–Crippen LogP) is 1.38. The SMILES string of the molecule is CCOC(=O)C1SCC(C)C1/C=N\O. The Labute approximate surface area is 87.7 Å². The van der Waals surface area contributed by atoms with Gasteiger partial charge in [0.1, 0.15) is 5.25 Å². The Balaban J connectivity index is 2.63. The van der Waals surface area contributed by atoms with Gasteiger partial charge in [-0.3, -0.25) is 4.79 Å². The highest BCUT2D eigenvalue weighted by molar-refractivity contribution is 8.00. The summed E-state index contributed by atoms with van der Waals surface area (Å²) in [5.74, 6) is 1.04. The van der Waals surface area contributed by atoms with Gasteiger partial charge in [-0.05, 0) is 18.6 Å². The summed E-state index contributed by atoms with van der Waals surface area (Å²) < 4.78 is 4.95. The van der Waals surface area contributed by atoms with Crippen molar-refractivity contribution in [2.45, 2.75) is 19.1 Å². The zero-order valence-corrected chi connectivity index (χ0v) is 9.16. The number of esters is 1. The molecule has 5 heteroatoms. The molecule has 1 fully saturated rings. The second kappa shape index (κ2) is 5.24. The van der Waals surface area contributed by atoms with Gasteiger partial charge < -0.3 is 9.94 Å². The van der Waals surface area contributed by atoms with Crippen LogP contribution in [0.3, 0.4) is 0 Å². The monoisotopic (exact) mass is 217 g/mol. The highest BCUT2D eigenvalue weighted by Crippen LogP contribution is 2.36. The average molecular weight is 217 g/mol. The first-order chi connectivity index (χ1) is 6.70. The zero-order valence-electron chi connectivity index (χ0n) is 8.34. The molecule has 0 aliphatic carbocycles. The quantitative estimate of drug-likeness (QED) is 0.336. The molecule has 3 unspecified atom stereocenters. The molecule has 1 saturated heterocycles. The van der Waals surface area contributed by atoms with E-state index in [9.17, 15) is 4.79 Å². The van der Waals surface area contributed by atoms with Gasteiger partial charge in [-0.25, -0.2) is 0 Å². The summed E-state index contributed by atoms with van der Waals surface area (Å²) in [6.45, 7) is 4.22. The van der Waals surface area contributed by atoms with Crippen molar-refractivity contribution in [2.75, 3.05) is 12.4 Å². The van der Waals surface area contributed by atoms with Gasteiger partial charge in [-0.2, -0.15) is 0 Å². The first-order valence-corrected chi connectivity index (χ1v) is 5.71. The number of rotatable bonds is 3. The van der Waals surface area contributed by atoms with E-state index in [1.54, 1.807) is 18.7 Å². The van der Waals surface area contributed by atoms with Gasteiger partial charge in [-0.1, -0.05) is 6.92 Å². The van der Waals surface area contributed by atoms with Crippen LogP contribution in [0.1, 0.15) is 13.8 Å². The third kappa shape index (κ3) is 2.41. The van der Waals surface area contributed by atoms with Crippen LogP contribution in [0.25, 0.3) is 0 Å². The molecular weight excluding hydrogens is 202 g/mol. The highest BCUT2D eigenvalue weighted by atomic mass is 32.2. The number of carbonyl (C=O) groups is 1. The lowest BCUT2D eigenvalue weighted by atomic mass is 9.94. The van der Waals surface area contributed by atoms with Crippen LogP contribution in [-0.2, 0) is 9.53 Å². The Kier molecular flexibility index (Phi) is 4.25. The third-order valence-corrected chi connectivity index (χ3v) is 3.89. The van der Waals surface area contributed by atoms with Crippen LogP contribution in [0.15, 0.2) is 5.16 Å². The van der Waals surface area contributed by atoms with Crippen LogP contribution in [-0.4, -0.2) is 35.0 Å². The van der Waals surface area contributed by atoms with E-state index in [-0.39, 0.29) is 17.1 Å². The molecule has 14 heavy (non-hydrogen) atoms. The molecule has 1 heterocycles. The summed E-state index contributed by atoms with van der Waals surface area (Å²) in [5.41, 5.74) is 0. The average Bonchev–Trinajstić information content (AvgIpc) is 2.50. The molecule has 3 atom stereocenters. The molecular formula is C9H15NO3S. The van der Waals surface area contributed by atoms with Crippen molar-refractivity contribution in [1.29, 1.82) is 0 Å². The standard InChI is InChI=1S/C9H15NO3S/c1-3-13-9(11)8-7(4-10-12)6(2)5-14-8/h4,6-8,12H,3,5H2,1-2H3/b10-4-. The molecule has 0 spiro atoms. The molecule has 4 nitrogen and oxygen atoms in total. The second-order valence-electron chi connectivity index (χ2n) is 3.33. The fourth-order valence-electron chi connectivity index (χ4n) is 1.53. The Morgan fingerprint density at radius 3 is 3.07 bits per heavy atom. The minimum absolute atomic E-state index is 0.0101. The molecule has 1 N–H and O–H groups in total. The molecule has 0 bridgehead atoms. The van der Waals surface area contributed by atoms with Crippen molar-refractivity contribution in [3.63, 3.8) is 0 Å². The number of nitrogens with zero attached hydrogens (tertiary/aromatic N) is 1. The van der Waals surface area contributed by atoms with Gasteiger partial charge in [-0.15, -0.1) is 16.9 Å². The zero-order chi connectivity index (χ0) is 10.6. The van der Waals surface area contributed by atoms with E-state index in [0.29, 0.717) is 12.5 Å². The molecule has 1 aliphatic rings. The van der Waals surface area contributed by atoms with E-state index in [0.717, 1.165) is 5.75 Å². The van der Waals surface area contributed by atoms with Crippen LogP contribution in [0.5, 0.6) is 0 Å². The molecule has 80 valence electrons. The highest BCUT2D eigenvalue weighted by Gasteiger charge is 2.38. The maximum absolute atomic E-state index is 11.5. The second-order valence-corrected chi connectivity index (χ2v) is 4.50. The molecule has 0 aromatic heterocycles. The molecule has 0 aromatic carbocycles. The number of carbonyl (C=O) groups excluding carboxylic acids is 1. The summed E-state index contributed by atoms with van der Waals surface area (Å²) >= 11 is 1.57. The molecule has 0 amide bonds. The third-order valence-electron chi connectivity index (χ3n) is 2.30. The van der Waals surface area contributed by atoms with Gasteiger partial charge in [0.05, 0.1) is 6.61 Å². The Hall–Kier alpha value is -0.710. The predicted molar refractivity (Wildman–Crippen MR) is 55.8 cm³/mol. The smallest absolute Gasteiger partial charge is 0.319 e. The van der Waals surface area contributed by atoms with Crippen molar-refractivity contribution in [3.05, 3.63) is 0 Å². The molecule has 0 saturated carbocycles. The van der Waals surface area contributed by atoms with E-state index in [1.165, 1.54) is 6.21 Å². The van der Waals surface area contributed by atoms with Crippen LogP contribution in [0.2, 0.25) is 0 Å². The number of hydrogen-bond acceptors (Lipinski definition) is 5. The Morgan fingerprint density at radius 2 is 2.50 bits per heavy atom. The summed E-state index contributed by atoms with van der Waals surface area (Å²) in [5, 5.41) is 11.3. The van der Waals surface area contributed by atoms with Gasteiger partial charge in [0, 0.05) is 12.1 Å². The van der Waals surface area contributed by atoms with Crippen molar-refractivity contribution in [2.24, 2.45) is 17.0 Å². The van der Waals surface area contributed by atoms with E-state index >= 15 is 0 Å². The first-order valence-electron chi connectivity index (χ1n) is 4.66. The van der Waals surface area contributed by atoms with E-state index in [2.05, 4.69) is 5.16 Å². The molecule has 1 aliphatic heterocycles. The fraction of sp³-hybridized carbons (Fsp3) is 0.778. The van der Waals surface area contributed by atoms with Crippen molar-refractivity contribution < 1.29 is 14.7 Å². The number of ether oxygens (including phenoxy) is 1. The van der Waals surface area contributed by atoms with Crippen LogP contribution in [0, 0.1) is 11.8 Å². The van der Waals surface area contributed by atoms with E-state index in [4.69, 9.17) is 9.94 Å². The van der Waals surface area contributed by atoms with Gasteiger partial charge in [0.15, 0.2) is 0 Å². The van der Waals surface area contributed by atoms with Crippen LogP contribution < -0.4 is 0 Å². The Morgan fingerprint density at radius 1 is 1.79 bits per heavy atom. The number of oxime groups is 1. The number of hydrogen-bond donors (Lipinski definition) is 1.